The second-order valence-corrected chi connectivity index (χ2v) is 5.06. The highest BCUT2D eigenvalue weighted by Gasteiger charge is 2.10. The van der Waals surface area contributed by atoms with Crippen LogP contribution in [0.15, 0.2) is 53.5 Å². The number of rotatable bonds is 3. The number of nitrogens with zero attached hydrogens (tertiary/aromatic N) is 1. The Morgan fingerprint density at radius 3 is 2.14 bits per heavy atom. The van der Waals surface area contributed by atoms with E-state index < -0.39 is 0 Å². The van der Waals surface area contributed by atoms with E-state index in [-0.39, 0.29) is 6.03 Å². The molecule has 1 heterocycles. The second-order valence-electron chi connectivity index (χ2n) is 5.06. The lowest BCUT2D eigenvalue weighted by Gasteiger charge is -2.08. The van der Waals surface area contributed by atoms with E-state index in [0.717, 1.165) is 16.8 Å². The predicted octanol–water partition coefficient (Wildman–Crippen LogP) is 3.42. The number of carbonyl (C=O) groups excluding carboxylic acids is 1. The summed E-state index contributed by atoms with van der Waals surface area (Å²) in [6, 6.07) is 14.8. The van der Waals surface area contributed by atoms with Gasteiger partial charge in [-0.1, -0.05) is 17.7 Å². The number of anilines is 2. The molecular weight excluding hydrogens is 278 g/mol. The van der Waals surface area contributed by atoms with Gasteiger partial charge in [0.25, 0.3) is 0 Å². The smallest absolute Gasteiger partial charge is 0.323 e. The number of carbonyl (C=O) groups is 1. The van der Waals surface area contributed by atoms with E-state index in [9.17, 15) is 4.79 Å². The number of aryl methyl sites for hydroxylation is 1. The van der Waals surface area contributed by atoms with Crippen LogP contribution >= 0.6 is 0 Å². The van der Waals surface area contributed by atoms with Crippen molar-refractivity contribution >= 4 is 23.3 Å². The summed E-state index contributed by atoms with van der Waals surface area (Å²) < 4.78 is 5.40. The van der Waals surface area contributed by atoms with Crippen LogP contribution in [0.4, 0.5) is 16.2 Å². The van der Waals surface area contributed by atoms with Gasteiger partial charge in [0.2, 0.25) is 5.90 Å². The minimum absolute atomic E-state index is 0.272. The lowest BCUT2D eigenvalue weighted by atomic mass is 10.2. The molecule has 112 valence electrons. The van der Waals surface area contributed by atoms with Gasteiger partial charge < -0.3 is 15.4 Å². The van der Waals surface area contributed by atoms with E-state index in [0.29, 0.717) is 24.7 Å². The first-order chi connectivity index (χ1) is 10.7. The van der Waals surface area contributed by atoms with Gasteiger partial charge in [-0.2, -0.15) is 0 Å². The average Bonchev–Trinajstić information content (AvgIpc) is 3.05. The van der Waals surface area contributed by atoms with Crippen molar-refractivity contribution in [2.24, 2.45) is 4.99 Å². The standard InChI is InChI=1S/C17H17N3O2/c1-12-2-6-14(7-3-12)19-17(21)20-15-8-4-13(5-9-15)16-18-10-11-22-16/h2-9H,10-11H2,1H3,(H2,19,20,21). The minimum atomic E-state index is -0.272. The Morgan fingerprint density at radius 2 is 1.59 bits per heavy atom. The zero-order valence-corrected chi connectivity index (χ0v) is 12.3. The lowest BCUT2D eigenvalue weighted by molar-refractivity contribution is 0.262. The molecule has 2 amide bonds. The molecule has 0 saturated carbocycles. The Hall–Kier alpha value is -2.82. The van der Waals surface area contributed by atoms with Crippen LogP contribution in [0.1, 0.15) is 11.1 Å². The number of ether oxygens (including phenoxy) is 1. The molecule has 1 aliphatic rings. The summed E-state index contributed by atoms with van der Waals surface area (Å²) in [5, 5.41) is 5.58. The minimum Gasteiger partial charge on any atom is -0.476 e. The van der Waals surface area contributed by atoms with Crippen molar-refractivity contribution in [3.63, 3.8) is 0 Å². The molecule has 0 atom stereocenters. The molecule has 0 spiro atoms. The number of nitrogens with one attached hydrogen (secondary N) is 2. The van der Waals surface area contributed by atoms with Gasteiger partial charge in [-0.15, -0.1) is 0 Å². The van der Waals surface area contributed by atoms with E-state index in [4.69, 9.17) is 4.74 Å². The molecule has 5 heteroatoms. The third-order valence-corrected chi connectivity index (χ3v) is 3.28. The van der Waals surface area contributed by atoms with Gasteiger partial charge in [0, 0.05) is 16.9 Å². The van der Waals surface area contributed by atoms with Gasteiger partial charge in [-0.25, -0.2) is 9.79 Å². The molecule has 1 aliphatic heterocycles. The summed E-state index contributed by atoms with van der Waals surface area (Å²) in [5.74, 6) is 0.663. The Bertz CT molecular complexity index is 691. The van der Waals surface area contributed by atoms with Crippen LogP contribution in [0.2, 0.25) is 0 Å². The van der Waals surface area contributed by atoms with E-state index >= 15 is 0 Å². The monoisotopic (exact) mass is 295 g/mol. The fraction of sp³-hybridized carbons (Fsp3) is 0.176. The van der Waals surface area contributed by atoms with E-state index in [1.807, 2.05) is 55.5 Å². The summed E-state index contributed by atoms with van der Waals surface area (Å²) in [5.41, 5.74) is 3.54. The van der Waals surface area contributed by atoms with Crippen LogP contribution in [-0.2, 0) is 4.74 Å². The summed E-state index contributed by atoms with van der Waals surface area (Å²) in [6.07, 6.45) is 0. The average molecular weight is 295 g/mol. The number of benzene rings is 2. The molecule has 3 rings (SSSR count). The third-order valence-electron chi connectivity index (χ3n) is 3.28. The zero-order valence-electron chi connectivity index (χ0n) is 12.3. The topological polar surface area (TPSA) is 62.7 Å². The van der Waals surface area contributed by atoms with Crippen molar-refractivity contribution in [3.05, 3.63) is 59.7 Å². The van der Waals surface area contributed by atoms with Crippen molar-refractivity contribution in [1.82, 2.24) is 0 Å². The Kier molecular flexibility index (Phi) is 4.05. The first-order valence-electron chi connectivity index (χ1n) is 7.13. The number of hydrogen-bond acceptors (Lipinski definition) is 3. The SMILES string of the molecule is Cc1ccc(NC(=O)Nc2ccc(C3=NCCO3)cc2)cc1. The maximum absolute atomic E-state index is 11.9. The van der Waals surface area contributed by atoms with Crippen LogP contribution in [0.3, 0.4) is 0 Å². The molecule has 0 aromatic heterocycles. The zero-order chi connectivity index (χ0) is 15.4. The molecule has 2 aromatic carbocycles. The number of hydrogen-bond donors (Lipinski definition) is 2. The largest absolute Gasteiger partial charge is 0.476 e. The Morgan fingerprint density at radius 1 is 1.00 bits per heavy atom. The van der Waals surface area contributed by atoms with Gasteiger partial charge in [-0.3, -0.25) is 0 Å². The summed E-state index contributed by atoms with van der Waals surface area (Å²) in [6.45, 7) is 3.34. The van der Waals surface area contributed by atoms with Crippen LogP contribution in [0, 0.1) is 6.92 Å². The number of aliphatic imine (C=N–C) groups is 1. The van der Waals surface area contributed by atoms with Crippen molar-refractivity contribution in [3.8, 4) is 0 Å². The fourth-order valence-electron chi connectivity index (χ4n) is 2.14. The van der Waals surface area contributed by atoms with Crippen LogP contribution in [0.5, 0.6) is 0 Å². The van der Waals surface area contributed by atoms with Crippen LogP contribution < -0.4 is 10.6 Å². The summed E-state index contributed by atoms with van der Waals surface area (Å²) >= 11 is 0. The van der Waals surface area contributed by atoms with E-state index in [1.165, 1.54) is 0 Å². The van der Waals surface area contributed by atoms with Gasteiger partial charge >= 0.3 is 6.03 Å². The molecule has 0 bridgehead atoms. The maximum Gasteiger partial charge on any atom is 0.323 e. The van der Waals surface area contributed by atoms with E-state index in [1.54, 1.807) is 0 Å². The van der Waals surface area contributed by atoms with E-state index in [2.05, 4.69) is 15.6 Å². The molecule has 0 fully saturated rings. The van der Waals surface area contributed by atoms with Crippen molar-refractivity contribution in [2.75, 3.05) is 23.8 Å². The highest BCUT2D eigenvalue weighted by atomic mass is 16.5. The van der Waals surface area contributed by atoms with Crippen molar-refractivity contribution in [2.45, 2.75) is 6.92 Å². The third kappa shape index (κ3) is 3.44. The normalized spacial score (nSPS) is 13.2. The first-order valence-corrected chi connectivity index (χ1v) is 7.13. The van der Waals surface area contributed by atoms with Gasteiger partial charge in [0.15, 0.2) is 0 Å². The molecule has 0 saturated heterocycles. The highest BCUT2D eigenvalue weighted by Crippen LogP contribution is 2.14. The molecule has 0 aliphatic carbocycles. The number of urea groups is 1. The molecule has 2 N–H and O–H groups in total. The molecule has 0 unspecified atom stereocenters. The first kappa shape index (κ1) is 14.1. The van der Waals surface area contributed by atoms with Crippen LogP contribution in [0.25, 0.3) is 0 Å². The Labute approximate surface area is 129 Å². The van der Waals surface area contributed by atoms with Crippen molar-refractivity contribution < 1.29 is 9.53 Å². The number of amides is 2. The van der Waals surface area contributed by atoms with Crippen molar-refractivity contribution in [1.29, 1.82) is 0 Å². The molecule has 2 aromatic rings. The molecule has 0 radical (unpaired) electrons. The molecular formula is C17H17N3O2. The quantitative estimate of drug-likeness (QED) is 0.911. The summed E-state index contributed by atoms with van der Waals surface area (Å²) in [7, 11) is 0. The lowest BCUT2D eigenvalue weighted by Crippen LogP contribution is -2.19. The highest BCUT2D eigenvalue weighted by molar-refractivity contribution is 6.00. The summed E-state index contributed by atoms with van der Waals surface area (Å²) in [4.78, 5) is 16.2. The predicted molar refractivity (Wildman–Crippen MR) is 87.6 cm³/mol. The molecule has 22 heavy (non-hydrogen) atoms. The van der Waals surface area contributed by atoms with Crippen LogP contribution in [-0.4, -0.2) is 25.1 Å². The van der Waals surface area contributed by atoms with Gasteiger partial charge in [-0.05, 0) is 43.3 Å². The molecule has 5 nitrogen and oxygen atoms in total. The Balaban J connectivity index is 1.60. The second kappa shape index (κ2) is 6.30. The van der Waals surface area contributed by atoms with Gasteiger partial charge in [0.1, 0.15) is 6.61 Å². The van der Waals surface area contributed by atoms with Gasteiger partial charge in [0.05, 0.1) is 6.54 Å². The fourth-order valence-corrected chi connectivity index (χ4v) is 2.14. The maximum atomic E-state index is 11.9.